The van der Waals surface area contributed by atoms with E-state index in [4.69, 9.17) is 21.1 Å². The predicted molar refractivity (Wildman–Crippen MR) is 86.9 cm³/mol. The lowest BCUT2D eigenvalue weighted by atomic mass is 10.1. The lowest BCUT2D eigenvalue weighted by Gasteiger charge is -2.13. The van der Waals surface area contributed by atoms with Gasteiger partial charge in [0.1, 0.15) is 0 Å². The summed E-state index contributed by atoms with van der Waals surface area (Å²) in [6.07, 6.45) is 0. The molecule has 0 heterocycles. The average Bonchev–Trinajstić information content (AvgIpc) is 2.53. The third-order valence-electron chi connectivity index (χ3n) is 3.38. The third-order valence-corrected chi connectivity index (χ3v) is 3.73. The summed E-state index contributed by atoms with van der Waals surface area (Å²) in [7, 11) is 3.11. The molecule has 22 heavy (non-hydrogen) atoms. The highest BCUT2D eigenvalue weighted by Gasteiger charge is 2.12. The van der Waals surface area contributed by atoms with Gasteiger partial charge in [-0.1, -0.05) is 29.8 Å². The highest BCUT2D eigenvalue weighted by Crippen LogP contribution is 2.33. The van der Waals surface area contributed by atoms with E-state index in [0.29, 0.717) is 28.6 Å². The Balaban J connectivity index is 2.15. The van der Waals surface area contributed by atoms with Gasteiger partial charge in [-0.3, -0.25) is 4.79 Å². The van der Waals surface area contributed by atoms with Crippen molar-refractivity contribution in [3.8, 4) is 11.5 Å². The number of methoxy groups -OCH3 is 2. The molecule has 0 unspecified atom stereocenters. The number of nitrogens with one attached hydrogen (secondary N) is 1. The van der Waals surface area contributed by atoms with Crippen LogP contribution in [0.3, 0.4) is 0 Å². The van der Waals surface area contributed by atoms with Crippen molar-refractivity contribution in [1.29, 1.82) is 0 Å². The summed E-state index contributed by atoms with van der Waals surface area (Å²) in [5, 5.41) is 3.38. The van der Waals surface area contributed by atoms with E-state index >= 15 is 0 Å². The first-order chi connectivity index (χ1) is 10.6. The summed E-state index contributed by atoms with van der Waals surface area (Å²) in [5.74, 6) is 0.998. The first-order valence-electron chi connectivity index (χ1n) is 6.81. The van der Waals surface area contributed by atoms with E-state index in [1.54, 1.807) is 32.4 Å². The summed E-state index contributed by atoms with van der Waals surface area (Å²) in [6.45, 7) is 2.21. The molecule has 0 aliphatic rings. The summed E-state index contributed by atoms with van der Waals surface area (Å²) >= 11 is 6.21. The Morgan fingerprint density at radius 2 is 1.77 bits per heavy atom. The summed E-state index contributed by atoms with van der Waals surface area (Å²) in [5.41, 5.74) is 2.35. The van der Waals surface area contributed by atoms with E-state index in [1.807, 2.05) is 25.1 Å². The largest absolute Gasteiger partial charge is 0.493 e. The smallest absolute Gasteiger partial charge is 0.251 e. The number of rotatable bonds is 5. The molecule has 2 aromatic rings. The van der Waals surface area contributed by atoms with Crippen molar-refractivity contribution in [2.45, 2.75) is 13.5 Å². The Morgan fingerprint density at radius 3 is 2.41 bits per heavy atom. The lowest BCUT2D eigenvalue weighted by molar-refractivity contribution is 0.0950. The number of hydrogen-bond acceptors (Lipinski definition) is 3. The van der Waals surface area contributed by atoms with E-state index in [9.17, 15) is 4.79 Å². The Morgan fingerprint density at radius 1 is 1.14 bits per heavy atom. The van der Waals surface area contributed by atoms with Crippen molar-refractivity contribution < 1.29 is 14.3 Å². The highest BCUT2D eigenvalue weighted by atomic mass is 35.5. The molecule has 0 aromatic heterocycles. The number of halogens is 1. The molecule has 2 rings (SSSR count). The van der Waals surface area contributed by atoms with Crippen LogP contribution in [-0.2, 0) is 6.54 Å². The molecule has 0 radical (unpaired) electrons. The van der Waals surface area contributed by atoms with Crippen molar-refractivity contribution in [2.24, 2.45) is 0 Å². The van der Waals surface area contributed by atoms with Crippen LogP contribution in [0.4, 0.5) is 0 Å². The van der Waals surface area contributed by atoms with Gasteiger partial charge in [0, 0.05) is 23.2 Å². The maximum absolute atomic E-state index is 12.2. The number of carbonyl (C=O) groups is 1. The van der Waals surface area contributed by atoms with Crippen molar-refractivity contribution in [3.05, 3.63) is 58.1 Å². The Hall–Kier alpha value is -2.20. The molecule has 0 spiro atoms. The number of ether oxygens (including phenoxy) is 2. The number of benzene rings is 2. The van der Waals surface area contributed by atoms with Gasteiger partial charge in [0.25, 0.3) is 5.91 Å². The van der Waals surface area contributed by atoms with Gasteiger partial charge in [0.05, 0.1) is 14.2 Å². The first kappa shape index (κ1) is 16.2. The van der Waals surface area contributed by atoms with Gasteiger partial charge >= 0.3 is 0 Å². The van der Waals surface area contributed by atoms with Crippen molar-refractivity contribution in [3.63, 3.8) is 0 Å². The second-order valence-electron chi connectivity index (χ2n) is 4.80. The zero-order valence-electron chi connectivity index (χ0n) is 12.8. The van der Waals surface area contributed by atoms with Crippen LogP contribution in [0.15, 0.2) is 36.4 Å². The van der Waals surface area contributed by atoms with Gasteiger partial charge in [0.15, 0.2) is 11.5 Å². The standard InChI is InChI=1S/C17H18ClNO3/c1-11-6-4-5-7-13(11)17(20)19-10-12-8-15(21-2)16(22-3)9-14(12)18/h4-9H,10H2,1-3H3,(H,19,20). The zero-order valence-corrected chi connectivity index (χ0v) is 13.5. The second kappa shape index (κ2) is 7.18. The van der Waals surface area contributed by atoms with Gasteiger partial charge in [-0.2, -0.15) is 0 Å². The molecule has 0 bridgehead atoms. The fourth-order valence-corrected chi connectivity index (χ4v) is 2.35. The fourth-order valence-electron chi connectivity index (χ4n) is 2.13. The summed E-state index contributed by atoms with van der Waals surface area (Å²) < 4.78 is 10.4. The van der Waals surface area contributed by atoms with Gasteiger partial charge in [0.2, 0.25) is 0 Å². The number of carbonyl (C=O) groups excluding carboxylic acids is 1. The van der Waals surface area contributed by atoms with Crippen LogP contribution in [0.2, 0.25) is 5.02 Å². The van der Waals surface area contributed by atoms with Crippen molar-refractivity contribution >= 4 is 17.5 Å². The molecule has 1 N–H and O–H groups in total. The number of aryl methyl sites for hydroxylation is 1. The molecule has 0 saturated carbocycles. The van der Waals surface area contributed by atoms with Crippen LogP contribution in [0.1, 0.15) is 21.5 Å². The highest BCUT2D eigenvalue weighted by molar-refractivity contribution is 6.31. The Labute approximate surface area is 135 Å². The SMILES string of the molecule is COc1cc(Cl)c(CNC(=O)c2ccccc2C)cc1OC. The molecule has 5 heteroatoms. The van der Waals surface area contributed by atoms with Gasteiger partial charge in [-0.05, 0) is 30.2 Å². The Kier molecular flexibility index (Phi) is 5.28. The molecule has 0 aliphatic heterocycles. The molecule has 1 amide bonds. The van der Waals surface area contributed by atoms with Gasteiger partial charge in [-0.15, -0.1) is 0 Å². The summed E-state index contributed by atoms with van der Waals surface area (Å²) in [6, 6.07) is 10.9. The maximum atomic E-state index is 12.2. The normalized spacial score (nSPS) is 10.2. The topological polar surface area (TPSA) is 47.6 Å². The van der Waals surface area contributed by atoms with Crippen LogP contribution in [0.25, 0.3) is 0 Å². The minimum absolute atomic E-state index is 0.135. The fraction of sp³-hybridized carbons (Fsp3) is 0.235. The maximum Gasteiger partial charge on any atom is 0.251 e. The molecule has 0 aliphatic carbocycles. The van der Waals surface area contributed by atoms with Crippen LogP contribution in [0.5, 0.6) is 11.5 Å². The zero-order chi connectivity index (χ0) is 16.1. The molecule has 116 valence electrons. The minimum Gasteiger partial charge on any atom is -0.493 e. The molecule has 0 atom stereocenters. The van der Waals surface area contributed by atoms with Crippen molar-refractivity contribution in [2.75, 3.05) is 14.2 Å². The minimum atomic E-state index is -0.135. The van der Waals surface area contributed by atoms with Gasteiger partial charge in [-0.25, -0.2) is 0 Å². The molecule has 0 saturated heterocycles. The molecule has 4 nitrogen and oxygen atoms in total. The van der Waals surface area contributed by atoms with Crippen LogP contribution >= 0.6 is 11.6 Å². The summed E-state index contributed by atoms with van der Waals surface area (Å²) in [4.78, 5) is 12.2. The monoisotopic (exact) mass is 319 g/mol. The van der Waals surface area contributed by atoms with E-state index in [-0.39, 0.29) is 5.91 Å². The molecular formula is C17H18ClNO3. The first-order valence-corrected chi connectivity index (χ1v) is 7.18. The van der Waals surface area contributed by atoms with E-state index < -0.39 is 0 Å². The average molecular weight is 320 g/mol. The molecular weight excluding hydrogens is 302 g/mol. The van der Waals surface area contributed by atoms with Gasteiger partial charge < -0.3 is 14.8 Å². The second-order valence-corrected chi connectivity index (χ2v) is 5.20. The Bertz CT molecular complexity index is 686. The van der Waals surface area contributed by atoms with Crippen LogP contribution in [0, 0.1) is 6.92 Å². The van der Waals surface area contributed by atoms with Crippen molar-refractivity contribution in [1.82, 2.24) is 5.32 Å². The predicted octanol–water partition coefficient (Wildman–Crippen LogP) is 3.60. The van der Waals surface area contributed by atoms with E-state index in [1.165, 1.54) is 0 Å². The number of amides is 1. The molecule has 0 fully saturated rings. The quantitative estimate of drug-likeness (QED) is 0.916. The van der Waals surface area contributed by atoms with E-state index in [0.717, 1.165) is 11.1 Å². The lowest BCUT2D eigenvalue weighted by Crippen LogP contribution is -2.23. The van der Waals surface area contributed by atoms with Crippen LogP contribution < -0.4 is 14.8 Å². The van der Waals surface area contributed by atoms with Crippen LogP contribution in [-0.4, -0.2) is 20.1 Å². The third kappa shape index (κ3) is 3.52. The molecule has 2 aromatic carbocycles. The van der Waals surface area contributed by atoms with E-state index in [2.05, 4.69) is 5.32 Å². The number of hydrogen-bond donors (Lipinski definition) is 1.